The first-order chi connectivity index (χ1) is 10.9. The van der Waals surface area contributed by atoms with Gasteiger partial charge in [0.2, 0.25) is 0 Å². The predicted molar refractivity (Wildman–Crippen MR) is 90.3 cm³/mol. The summed E-state index contributed by atoms with van der Waals surface area (Å²) in [6.07, 6.45) is 1.51. The third-order valence-electron chi connectivity index (χ3n) is 3.43. The predicted octanol–water partition coefficient (Wildman–Crippen LogP) is 2.86. The number of aromatic nitrogens is 1. The van der Waals surface area contributed by atoms with Crippen LogP contribution in [0.4, 0.5) is 4.79 Å². The minimum absolute atomic E-state index is 0.202. The Morgan fingerprint density at radius 1 is 1.30 bits per heavy atom. The number of amides is 1. The SMILES string of the molecule is CCc1c(CCNC(=O)O)cn(S(=O)(=O)c2ccccc2)c1Br. The van der Waals surface area contributed by atoms with E-state index in [-0.39, 0.29) is 11.4 Å². The lowest BCUT2D eigenvalue weighted by molar-refractivity contribution is 0.194. The van der Waals surface area contributed by atoms with Crippen LogP contribution < -0.4 is 5.32 Å². The van der Waals surface area contributed by atoms with E-state index in [2.05, 4.69) is 21.2 Å². The maximum atomic E-state index is 12.7. The number of nitrogens with zero attached hydrogens (tertiary/aromatic N) is 1. The Morgan fingerprint density at radius 3 is 2.52 bits per heavy atom. The molecule has 0 unspecified atom stereocenters. The minimum atomic E-state index is -3.69. The van der Waals surface area contributed by atoms with Crippen molar-refractivity contribution in [2.24, 2.45) is 0 Å². The van der Waals surface area contributed by atoms with E-state index in [4.69, 9.17) is 5.11 Å². The van der Waals surface area contributed by atoms with Gasteiger partial charge >= 0.3 is 6.09 Å². The molecule has 0 saturated carbocycles. The highest BCUT2D eigenvalue weighted by Crippen LogP contribution is 2.28. The molecule has 23 heavy (non-hydrogen) atoms. The molecule has 0 fully saturated rings. The molecule has 8 heteroatoms. The van der Waals surface area contributed by atoms with Crippen molar-refractivity contribution in [2.75, 3.05) is 6.54 Å². The number of carboxylic acid groups (broad SMARTS) is 1. The van der Waals surface area contributed by atoms with Crippen LogP contribution in [-0.4, -0.2) is 30.1 Å². The highest BCUT2D eigenvalue weighted by atomic mass is 79.9. The molecule has 0 aliphatic rings. The van der Waals surface area contributed by atoms with E-state index in [1.165, 1.54) is 3.97 Å². The first-order valence-corrected chi connectivity index (χ1v) is 9.27. The second-order valence-electron chi connectivity index (χ2n) is 4.87. The van der Waals surface area contributed by atoms with E-state index in [1.807, 2.05) is 6.92 Å². The number of hydrogen-bond acceptors (Lipinski definition) is 3. The second kappa shape index (κ2) is 7.18. The van der Waals surface area contributed by atoms with Gasteiger partial charge in [-0.2, -0.15) is 0 Å². The maximum absolute atomic E-state index is 12.7. The lowest BCUT2D eigenvalue weighted by Gasteiger charge is -2.07. The van der Waals surface area contributed by atoms with Gasteiger partial charge in [-0.3, -0.25) is 0 Å². The molecule has 2 N–H and O–H groups in total. The van der Waals surface area contributed by atoms with E-state index in [1.54, 1.807) is 36.5 Å². The van der Waals surface area contributed by atoms with Gasteiger partial charge in [0, 0.05) is 12.7 Å². The summed E-state index contributed by atoms with van der Waals surface area (Å²) in [6, 6.07) is 8.17. The van der Waals surface area contributed by atoms with Gasteiger partial charge in [0.25, 0.3) is 10.0 Å². The molecule has 124 valence electrons. The molecule has 1 heterocycles. The van der Waals surface area contributed by atoms with Gasteiger partial charge in [-0.25, -0.2) is 17.2 Å². The van der Waals surface area contributed by atoms with Crippen LogP contribution >= 0.6 is 15.9 Å². The Kier molecular flexibility index (Phi) is 5.48. The Labute approximate surface area is 143 Å². The van der Waals surface area contributed by atoms with Gasteiger partial charge in [-0.1, -0.05) is 25.1 Å². The number of carbonyl (C=O) groups is 1. The van der Waals surface area contributed by atoms with Crippen LogP contribution in [0.15, 0.2) is 46.0 Å². The van der Waals surface area contributed by atoms with Crippen LogP contribution in [0, 0.1) is 0 Å². The zero-order valence-corrected chi connectivity index (χ0v) is 14.9. The average Bonchev–Trinajstić information content (AvgIpc) is 2.84. The van der Waals surface area contributed by atoms with Crippen LogP contribution in [0.3, 0.4) is 0 Å². The molecule has 2 aromatic rings. The fraction of sp³-hybridized carbons (Fsp3) is 0.267. The zero-order chi connectivity index (χ0) is 17.0. The number of halogens is 1. The van der Waals surface area contributed by atoms with Crippen molar-refractivity contribution in [2.45, 2.75) is 24.7 Å². The van der Waals surface area contributed by atoms with Crippen LogP contribution in [0.2, 0.25) is 0 Å². The highest BCUT2D eigenvalue weighted by Gasteiger charge is 2.23. The molecule has 1 aromatic carbocycles. The molecule has 0 aliphatic heterocycles. The van der Waals surface area contributed by atoms with Gasteiger partial charge in [-0.05, 0) is 52.0 Å². The van der Waals surface area contributed by atoms with Gasteiger partial charge in [0.1, 0.15) is 4.60 Å². The van der Waals surface area contributed by atoms with Crippen molar-refractivity contribution < 1.29 is 18.3 Å². The molecular weight excluding hydrogens is 384 g/mol. The number of nitrogens with one attached hydrogen (secondary N) is 1. The smallest absolute Gasteiger partial charge is 0.404 e. The van der Waals surface area contributed by atoms with Crippen LogP contribution in [-0.2, 0) is 22.9 Å². The molecule has 0 aliphatic carbocycles. The number of benzene rings is 1. The number of rotatable bonds is 6. The summed E-state index contributed by atoms with van der Waals surface area (Å²) < 4.78 is 27.2. The standard InChI is InChI=1S/C15H17BrN2O4S/c1-2-13-11(8-9-17-15(19)20)10-18(14(13)16)23(21,22)12-6-4-3-5-7-12/h3-7,10,17H,2,8-9H2,1H3,(H,19,20). The molecule has 0 atom stereocenters. The zero-order valence-electron chi connectivity index (χ0n) is 12.5. The van der Waals surface area contributed by atoms with Crippen molar-refractivity contribution in [3.8, 4) is 0 Å². The molecule has 0 radical (unpaired) electrons. The summed E-state index contributed by atoms with van der Waals surface area (Å²) in [7, 11) is -3.69. The van der Waals surface area contributed by atoms with Gasteiger partial charge in [0.15, 0.2) is 0 Å². The molecular formula is C15H17BrN2O4S. The summed E-state index contributed by atoms with van der Waals surface area (Å²) >= 11 is 3.36. The quantitative estimate of drug-likeness (QED) is 0.779. The normalized spacial score (nSPS) is 11.4. The summed E-state index contributed by atoms with van der Waals surface area (Å²) in [5.41, 5.74) is 1.66. The third kappa shape index (κ3) is 3.76. The first-order valence-electron chi connectivity index (χ1n) is 7.04. The lowest BCUT2D eigenvalue weighted by Crippen LogP contribution is -2.23. The van der Waals surface area contributed by atoms with Crippen LogP contribution in [0.5, 0.6) is 0 Å². The van der Waals surface area contributed by atoms with Crippen LogP contribution in [0.25, 0.3) is 0 Å². The molecule has 0 bridgehead atoms. The topological polar surface area (TPSA) is 88.4 Å². The molecule has 1 aromatic heterocycles. The molecule has 1 amide bonds. The van der Waals surface area contributed by atoms with Crippen molar-refractivity contribution >= 4 is 32.0 Å². The molecule has 0 saturated heterocycles. The van der Waals surface area contributed by atoms with Crippen molar-refractivity contribution in [1.82, 2.24) is 9.29 Å². The van der Waals surface area contributed by atoms with E-state index in [0.29, 0.717) is 17.4 Å². The Morgan fingerprint density at radius 2 is 1.96 bits per heavy atom. The second-order valence-corrected chi connectivity index (χ2v) is 7.44. The first kappa shape index (κ1) is 17.6. The Bertz CT molecular complexity index is 800. The monoisotopic (exact) mass is 400 g/mol. The van der Waals surface area contributed by atoms with Crippen molar-refractivity contribution in [1.29, 1.82) is 0 Å². The average molecular weight is 401 g/mol. The Balaban J connectivity index is 2.40. The van der Waals surface area contributed by atoms with Crippen LogP contribution in [0.1, 0.15) is 18.1 Å². The largest absolute Gasteiger partial charge is 0.465 e. The lowest BCUT2D eigenvalue weighted by atomic mass is 10.1. The summed E-state index contributed by atoms with van der Waals surface area (Å²) in [4.78, 5) is 10.7. The number of hydrogen-bond donors (Lipinski definition) is 2. The van der Waals surface area contributed by atoms with Crippen molar-refractivity contribution in [3.63, 3.8) is 0 Å². The fourth-order valence-electron chi connectivity index (χ4n) is 2.32. The van der Waals surface area contributed by atoms with E-state index in [9.17, 15) is 13.2 Å². The van der Waals surface area contributed by atoms with E-state index < -0.39 is 16.1 Å². The van der Waals surface area contributed by atoms with E-state index in [0.717, 1.165) is 11.1 Å². The summed E-state index contributed by atoms with van der Waals surface area (Å²) in [5, 5.41) is 10.9. The molecule has 2 rings (SSSR count). The Hall–Kier alpha value is -1.80. The highest BCUT2D eigenvalue weighted by molar-refractivity contribution is 9.10. The van der Waals surface area contributed by atoms with Gasteiger partial charge in [-0.15, -0.1) is 0 Å². The fourth-order valence-corrected chi connectivity index (χ4v) is 4.84. The third-order valence-corrected chi connectivity index (χ3v) is 6.20. The summed E-state index contributed by atoms with van der Waals surface area (Å²) in [5.74, 6) is 0. The summed E-state index contributed by atoms with van der Waals surface area (Å²) in [6.45, 7) is 2.15. The molecule has 6 nitrogen and oxygen atoms in total. The van der Waals surface area contributed by atoms with Gasteiger partial charge < -0.3 is 10.4 Å². The van der Waals surface area contributed by atoms with Crippen molar-refractivity contribution in [3.05, 3.63) is 52.3 Å². The maximum Gasteiger partial charge on any atom is 0.404 e. The van der Waals surface area contributed by atoms with Gasteiger partial charge in [0.05, 0.1) is 4.90 Å². The van der Waals surface area contributed by atoms with E-state index >= 15 is 0 Å². The minimum Gasteiger partial charge on any atom is -0.465 e. The molecule has 0 spiro atoms.